The number of furan rings is 1. The van der Waals surface area contributed by atoms with Crippen molar-refractivity contribution in [2.24, 2.45) is 10.9 Å². The van der Waals surface area contributed by atoms with E-state index in [9.17, 15) is 4.79 Å². The van der Waals surface area contributed by atoms with Crippen LogP contribution < -0.4 is 0 Å². The summed E-state index contributed by atoms with van der Waals surface area (Å²) in [5, 5.41) is 1.92. The van der Waals surface area contributed by atoms with Crippen LogP contribution in [0.2, 0.25) is 0 Å². The van der Waals surface area contributed by atoms with E-state index < -0.39 is 5.97 Å². The predicted octanol–water partition coefficient (Wildman–Crippen LogP) is 3.81. The van der Waals surface area contributed by atoms with Gasteiger partial charge in [-0.25, -0.2) is 9.79 Å². The second kappa shape index (κ2) is 4.70. The summed E-state index contributed by atoms with van der Waals surface area (Å²) >= 11 is 1.49. The van der Waals surface area contributed by atoms with Gasteiger partial charge in [-0.05, 0) is 35.9 Å². The van der Waals surface area contributed by atoms with Crippen LogP contribution in [0.1, 0.15) is 35.7 Å². The third-order valence-corrected chi connectivity index (χ3v) is 4.61. The minimum atomic E-state index is -0.434. The predicted molar refractivity (Wildman–Crippen MR) is 80.2 cm³/mol. The van der Waals surface area contributed by atoms with Gasteiger partial charge in [-0.15, -0.1) is 11.3 Å². The van der Waals surface area contributed by atoms with Crippen LogP contribution in [0.4, 0.5) is 0 Å². The van der Waals surface area contributed by atoms with E-state index in [2.05, 4.69) is 11.9 Å². The number of esters is 1. The topological polar surface area (TPSA) is 51.8 Å². The molecule has 2 aromatic heterocycles. The highest BCUT2D eigenvalue weighted by molar-refractivity contribution is 7.12. The number of carbonyl (C=O) groups is 1. The van der Waals surface area contributed by atoms with Crippen molar-refractivity contribution in [3.63, 3.8) is 0 Å². The Balaban J connectivity index is 1.60. The van der Waals surface area contributed by atoms with E-state index in [-0.39, 0.29) is 5.70 Å². The zero-order valence-corrected chi connectivity index (χ0v) is 12.2. The fraction of sp³-hybridized carbons (Fsp3) is 0.250. The van der Waals surface area contributed by atoms with Gasteiger partial charge in [-0.3, -0.25) is 0 Å². The zero-order valence-electron chi connectivity index (χ0n) is 11.4. The SMILES string of the molecule is C[C@H]1C[C@@H]1c1ccc(/C=C2\N=C(c3cccs3)OC2=O)o1. The summed E-state index contributed by atoms with van der Waals surface area (Å²) in [6, 6.07) is 7.62. The lowest BCUT2D eigenvalue weighted by Crippen LogP contribution is -2.03. The molecule has 0 bridgehead atoms. The van der Waals surface area contributed by atoms with Crippen LogP contribution in [0.15, 0.2) is 44.8 Å². The first-order valence-corrected chi connectivity index (χ1v) is 7.75. The molecule has 1 aliphatic heterocycles. The molecule has 2 aromatic rings. The molecule has 4 nitrogen and oxygen atoms in total. The number of rotatable bonds is 3. The number of carbonyl (C=O) groups excluding carboxylic acids is 1. The number of hydrogen-bond donors (Lipinski definition) is 0. The molecule has 0 amide bonds. The molecule has 1 fully saturated rings. The van der Waals surface area contributed by atoms with Crippen molar-refractivity contribution in [3.05, 3.63) is 51.7 Å². The number of thiophene rings is 1. The average molecular weight is 299 g/mol. The van der Waals surface area contributed by atoms with Crippen LogP contribution >= 0.6 is 11.3 Å². The normalized spacial score (nSPS) is 26.0. The van der Waals surface area contributed by atoms with E-state index in [4.69, 9.17) is 9.15 Å². The number of aliphatic imine (C=N–C) groups is 1. The average Bonchev–Trinajstić information content (AvgIpc) is 2.96. The second-order valence-corrected chi connectivity index (χ2v) is 6.32. The first-order chi connectivity index (χ1) is 10.2. The molecule has 2 atom stereocenters. The molecule has 0 N–H and O–H groups in total. The second-order valence-electron chi connectivity index (χ2n) is 5.37. The van der Waals surface area contributed by atoms with Crippen LogP contribution in [0.25, 0.3) is 6.08 Å². The van der Waals surface area contributed by atoms with Crippen molar-refractivity contribution in [3.8, 4) is 0 Å². The van der Waals surface area contributed by atoms with E-state index >= 15 is 0 Å². The molecular weight excluding hydrogens is 286 g/mol. The summed E-state index contributed by atoms with van der Waals surface area (Å²) in [5.41, 5.74) is 0.281. The Bertz CT molecular complexity index is 754. The fourth-order valence-electron chi connectivity index (χ4n) is 2.41. The van der Waals surface area contributed by atoms with Crippen LogP contribution in [0, 0.1) is 5.92 Å². The number of hydrogen-bond acceptors (Lipinski definition) is 5. The molecule has 0 radical (unpaired) electrons. The van der Waals surface area contributed by atoms with Gasteiger partial charge in [0.15, 0.2) is 5.70 Å². The molecule has 1 aliphatic carbocycles. The lowest BCUT2D eigenvalue weighted by atomic mass is 10.3. The molecule has 0 aromatic carbocycles. The van der Waals surface area contributed by atoms with Crippen molar-refractivity contribution < 1.29 is 13.9 Å². The first kappa shape index (κ1) is 12.6. The summed E-state index contributed by atoms with van der Waals surface area (Å²) < 4.78 is 10.9. The lowest BCUT2D eigenvalue weighted by Gasteiger charge is -1.92. The van der Waals surface area contributed by atoms with Crippen molar-refractivity contribution in [1.29, 1.82) is 0 Å². The molecule has 2 aliphatic rings. The molecule has 5 heteroatoms. The summed E-state index contributed by atoms with van der Waals surface area (Å²) in [7, 11) is 0. The summed E-state index contributed by atoms with van der Waals surface area (Å²) in [6.45, 7) is 2.21. The molecule has 21 heavy (non-hydrogen) atoms. The maximum atomic E-state index is 11.8. The number of cyclic esters (lactones) is 1. The van der Waals surface area contributed by atoms with E-state index in [1.807, 2.05) is 29.6 Å². The fourth-order valence-corrected chi connectivity index (χ4v) is 3.06. The van der Waals surface area contributed by atoms with Gasteiger partial charge < -0.3 is 9.15 Å². The Morgan fingerprint density at radius 2 is 2.24 bits per heavy atom. The van der Waals surface area contributed by atoms with Crippen molar-refractivity contribution in [2.75, 3.05) is 0 Å². The minimum Gasteiger partial charge on any atom is -0.461 e. The summed E-state index contributed by atoms with van der Waals surface area (Å²) in [5.74, 6) is 2.78. The van der Waals surface area contributed by atoms with Crippen LogP contribution in [0.5, 0.6) is 0 Å². The van der Waals surface area contributed by atoms with Gasteiger partial charge in [-0.1, -0.05) is 13.0 Å². The van der Waals surface area contributed by atoms with Gasteiger partial charge in [0.1, 0.15) is 11.5 Å². The van der Waals surface area contributed by atoms with E-state index in [0.717, 1.165) is 10.6 Å². The van der Waals surface area contributed by atoms with Gasteiger partial charge in [0.2, 0.25) is 5.90 Å². The number of nitrogens with zero attached hydrogens (tertiary/aromatic N) is 1. The molecule has 1 saturated carbocycles. The molecule has 3 heterocycles. The molecule has 0 unspecified atom stereocenters. The zero-order chi connectivity index (χ0) is 14.4. The van der Waals surface area contributed by atoms with Gasteiger partial charge in [0, 0.05) is 12.0 Å². The number of ether oxygens (including phenoxy) is 1. The molecule has 0 spiro atoms. The van der Waals surface area contributed by atoms with Crippen LogP contribution in [-0.2, 0) is 9.53 Å². The maximum absolute atomic E-state index is 11.8. The van der Waals surface area contributed by atoms with Crippen molar-refractivity contribution in [1.82, 2.24) is 0 Å². The lowest BCUT2D eigenvalue weighted by molar-refractivity contribution is -0.129. The molecular formula is C16H13NO3S. The summed E-state index contributed by atoms with van der Waals surface area (Å²) in [6.07, 6.45) is 2.81. The molecule has 0 saturated heterocycles. The quantitative estimate of drug-likeness (QED) is 0.639. The first-order valence-electron chi connectivity index (χ1n) is 6.87. The van der Waals surface area contributed by atoms with Crippen LogP contribution in [-0.4, -0.2) is 11.9 Å². The van der Waals surface area contributed by atoms with Gasteiger partial charge in [-0.2, -0.15) is 0 Å². The Labute approximate surface area is 125 Å². The Morgan fingerprint density at radius 1 is 1.38 bits per heavy atom. The maximum Gasteiger partial charge on any atom is 0.363 e. The molecule has 106 valence electrons. The van der Waals surface area contributed by atoms with Gasteiger partial charge >= 0.3 is 5.97 Å². The Morgan fingerprint density at radius 3 is 2.95 bits per heavy atom. The Kier molecular flexibility index (Phi) is 2.82. The summed E-state index contributed by atoms with van der Waals surface area (Å²) in [4.78, 5) is 16.9. The highest BCUT2D eigenvalue weighted by Gasteiger charge is 2.36. The van der Waals surface area contributed by atoms with Crippen molar-refractivity contribution in [2.45, 2.75) is 19.3 Å². The highest BCUT2D eigenvalue weighted by atomic mass is 32.1. The van der Waals surface area contributed by atoms with Crippen molar-refractivity contribution >= 4 is 29.3 Å². The Hall–Kier alpha value is -2.14. The minimum absolute atomic E-state index is 0.281. The van der Waals surface area contributed by atoms with E-state index in [1.54, 1.807) is 6.08 Å². The third-order valence-electron chi connectivity index (χ3n) is 3.75. The van der Waals surface area contributed by atoms with Crippen LogP contribution in [0.3, 0.4) is 0 Å². The largest absolute Gasteiger partial charge is 0.461 e. The highest BCUT2D eigenvalue weighted by Crippen LogP contribution is 2.47. The third kappa shape index (κ3) is 2.34. The molecule has 4 rings (SSSR count). The monoisotopic (exact) mass is 299 g/mol. The van der Waals surface area contributed by atoms with E-state index in [1.165, 1.54) is 17.8 Å². The smallest absolute Gasteiger partial charge is 0.363 e. The van der Waals surface area contributed by atoms with Gasteiger partial charge in [0.25, 0.3) is 0 Å². The van der Waals surface area contributed by atoms with E-state index in [0.29, 0.717) is 23.5 Å². The standard InChI is InChI=1S/C16H13NO3S/c1-9-7-11(9)13-5-4-10(19-13)8-12-16(18)20-15(17-12)14-3-2-6-21-14/h2-6,8-9,11H,7H2,1H3/b12-8-/t9-,11-/m0/s1. The van der Waals surface area contributed by atoms with Gasteiger partial charge in [0.05, 0.1) is 4.88 Å².